The van der Waals surface area contributed by atoms with Crippen molar-refractivity contribution in [1.29, 1.82) is 0 Å². The van der Waals surface area contributed by atoms with Gasteiger partial charge in [-0.25, -0.2) is 0 Å². The molecular weight excluding hydrogens is 402 g/mol. The fourth-order valence-corrected chi connectivity index (χ4v) is 3.24. The number of nitrogens with zero attached hydrogens (tertiary/aromatic N) is 1. The van der Waals surface area contributed by atoms with Crippen LogP contribution >= 0.6 is 0 Å². The zero-order valence-corrected chi connectivity index (χ0v) is 17.2. The summed E-state index contributed by atoms with van der Waals surface area (Å²) in [4.78, 5) is 37.7. The minimum Gasteiger partial charge on any atom is -0.493 e. The minimum atomic E-state index is -1.28. The number of aliphatic carboxylic acids is 1. The number of amides is 2. The molecule has 0 bridgehead atoms. The number of ether oxygens (including phenoxy) is 3. The maximum Gasteiger partial charge on any atom is 0.323 e. The van der Waals surface area contributed by atoms with Gasteiger partial charge < -0.3 is 19.3 Å². The average molecular weight is 423 g/mol. The molecule has 1 N–H and O–H groups in total. The highest BCUT2D eigenvalue weighted by atomic mass is 16.5. The Hall–Kier alpha value is -4.07. The number of hydrogen-bond acceptors (Lipinski definition) is 6. The number of imide groups is 1. The van der Waals surface area contributed by atoms with Crippen molar-refractivity contribution < 1.29 is 33.7 Å². The normalized spacial score (nSPS) is 16.2. The monoisotopic (exact) mass is 423 g/mol. The zero-order chi connectivity index (χ0) is 22.5. The molecule has 1 aliphatic heterocycles. The molecule has 1 heterocycles. The second kappa shape index (κ2) is 9.17. The van der Waals surface area contributed by atoms with E-state index in [4.69, 9.17) is 19.3 Å². The van der Waals surface area contributed by atoms with Crippen molar-refractivity contribution >= 4 is 29.9 Å². The molecule has 0 atom stereocenters. The van der Waals surface area contributed by atoms with Crippen molar-refractivity contribution in [2.24, 2.45) is 0 Å². The SMILES string of the molecule is COc1cc(/C=C2/C(=O)N(CC(=O)O)C(=O)C2=Cc2ccccc2)cc(OC)c1OC. The number of carbonyl (C=O) groups is 3. The molecule has 8 heteroatoms. The molecule has 1 fully saturated rings. The summed E-state index contributed by atoms with van der Waals surface area (Å²) in [5, 5.41) is 9.12. The van der Waals surface area contributed by atoms with Gasteiger partial charge in [-0.3, -0.25) is 19.3 Å². The Kier molecular flexibility index (Phi) is 6.40. The van der Waals surface area contributed by atoms with Gasteiger partial charge in [0.1, 0.15) is 6.54 Å². The van der Waals surface area contributed by atoms with Gasteiger partial charge in [0.15, 0.2) is 11.5 Å². The van der Waals surface area contributed by atoms with E-state index >= 15 is 0 Å². The van der Waals surface area contributed by atoms with Gasteiger partial charge in [0.2, 0.25) is 5.75 Å². The van der Waals surface area contributed by atoms with E-state index in [9.17, 15) is 14.4 Å². The quantitative estimate of drug-likeness (QED) is 0.539. The van der Waals surface area contributed by atoms with E-state index in [0.29, 0.717) is 33.3 Å². The van der Waals surface area contributed by atoms with Crippen molar-refractivity contribution in [3.63, 3.8) is 0 Å². The first kappa shape index (κ1) is 21.6. The van der Waals surface area contributed by atoms with Crippen LogP contribution < -0.4 is 14.2 Å². The molecule has 2 aromatic rings. The number of rotatable bonds is 7. The average Bonchev–Trinajstić information content (AvgIpc) is 2.97. The smallest absolute Gasteiger partial charge is 0.323 e. The van der Waals surface area contributed by atoms with Crippen molar-refractivity contribution in [2.75, 3.05) is 27.9 Å². The highest BCUT2D eigenvalue weighted by molar-refractivity contribution is 6.28. The Bertz CT molecular complexity index is 1060. The second-order valence-corrected chi connectivity index (χ2v) is 6.58. The van der Waals surface area contributed by atoms with Crippen LogP contribution in [0, 0.1) is 0 Å². The Morgan fingerprint density at radius 2 is 1.39 bits per heavy atom. The Morgan fingerprint density at radius 3 is 1.84 bits per heavy atom. The molecule has 0 aliphatic carbocycles. The third-order valence-electron chi connectivity index (χ3n) is 4.64. The fourth-order valence-electron chi connectivity index (χ4n) is 3.24. The Balaban J connectivity index is 2.16. The number of benzene rings is 2. The van der Waals surface area contributed by atoms with E-state index < -0.39 is 24.3 Å². The van der Waals surface area contributed by atoms with Crippen molar-refractivity contribution in [3.05, 3.63) is 64.7 Å². The van der Waals surface area contributed by atoms with E-state index in [1.165, 1.54) is 27.4 Å². The number of likely N-dealkylation sites (tertiary alicyclic amines) is 1. The molecule has 0 unspecified atom stereocenters. The second-order valence-electron chi connectivity index (χ2n) is 6.58. The van der Waals surface area contributed by atoms with Gasteiger partial charge in [0, 0.05) is 0 Å². The molecule has 1 aliphatic rings. The van der Waals surface area contributed by atoms with Gasteiger partial charge in [-0.1, -0.05) is 30.3 Å². The first-order valence-electron chi connectivity index (χ1n) is 9.26. The van der Waals surface area contributed by atoms with Crippen LogP contribution in [0.2, 0.25) is 0 Å². The maximum atomic E-state index is 12.9. The van der Waals surface area contributed by atoms with Crippen LogP contribution in [0.3, 0.4) is 0 Å². The lowest BCUT2D eigenvalue weighted by molar-refractivity contribution is -0.147. The first-order chi connectivity index (χ1) is 14.9. The lowest BCUT2D eigenvalue weighted by Crippen LogP contribution is -2.34. The van der Waals surface area contributed by atoms with E-state index in [1.54, 1.807) is 42.5 Å². The molecule has 0 saturated carbocycles. The van der Waals surface area contributed by atoms with Gasteiger partial charge in [0.25, 0.3) is 11.8 Å². The van der Waals surface area contributed by atoms with Crippen LogP contribution in [0.15, 0.2) is 53.6 Å². The zero-order valence-electron chi connectivity index (χ0n) is 17.2. The van der Waals surface area contributed by atoms with Crippen LogP contribution in [-0.2, 0) is 14.4 Å². The Morgan fingerprint density at radius 1 is 0.871 bits per heavy atom. The van der Waals surface area contributed by atoms with E-state index in [-0.39, 0.29) is 11.1 Å². The topological polar surface area (TPSA) is 102 Å². The first-order valence-corrected chi connectivity index (χ1v) is 9.26. The predicted molar refractivity (Wildman–Crippen MR) is 113 cm³/mol. The standard InChI is InChI=1S/C23H21NO7/c1-29-18-11-15(12-19(30-2)21(18)31-3)10-17-16(9-14-7-5-4-6-8-14)22(27)24(23(17)28)13-20(25)26/h4-12H,13H2,1-3H3,(H,25,26)/b16-9?,17-10+. The summed E-state index contributed by atoms with van der Waals surface area (Å²) in [6, 6.07) is 12.2. The summed E-state index contributed by atoms with van der Waals surface area (Å²) in [5.74, 6) is -1.51. The summed E-state index contributed by atoms with van der Waals surface area (Å²) >= 11 is 0. The highest BCUT2D eigenvalue weighted by Crippen LogP contribution is 2.39. The molecule has 31 heavy (non-hydrogen) atoms. The van der Waals surface area contributed by atoms with Crippen LogP contribution in [-0.4, -0.2) is 55.7 Å². The molecule has 1 saturated heterocycles. The van der Waals surface area contributed by atoms with E-state index in [2.05, 4.69) is 0 Å². The van der Waals surface area contributed by atoms with Crippen LogP contribution in [0.1, 0.15) is 11.1 Å². The van der Waals surface area contributed by atoms with Gasteiger partial charge in [-0.05, 0) is 35.4 Å². The summed E-state index contributed by atoms with van der Waals surface area (Å²) in [5.41, 5.74) is 1.39. The lowest BCUT2D eigenvalue weighted by Gasteiger charge is -2.13. The molecular formula is C23H21NO7. The summed E-state index contributed by atoms with van der Waals surface area (Å²) in [6.45, 7) is -0.726. The summed E-state index contributed by atoms with van der Waals surface area (Å²) < 4.78 is 16.0. The van der Waals surface area contributed by atoms with Gasteiger partial charge >= 0.3 is 5.97 Å². The largest absolute Gasteiger partial charge is 0.493 e. The van der Waals surface area contributed by atoms with Crippen LogP contribution in [0.25, 0.3) is 12.2 Å². The molecule has 3 rings (SSSR count). The molecule has 2 aromatic carbocycles. The molecule has 0 spiro atoms. The fraction of sp³-hybridized carbons (Fsp3) is 0.174. The van der Waals surface area contributed by atoms with Crippen molar-refractivity contribution in [2.45, 2.75) is 0 Å². The number of carboxylic acid groups (broad SMARTS) is 1. The highest BCUT2D eigenvalue weighted by Gasteiger charge is 2.39. The molecule has 8 nitrogen and oxygen atoms in total. The molecule has 0 radical (unpaired) electrons. The van der Waals surface area contributed by atoms with Crippen LogP contribution in [0.4, 0.5) is 0 Å². The predicted octanol–water partition coefficient (Wildman–Crippen LogP) is 2.63. The lowest BCUT2D eigenvalue weighted by atomic mass is 10.0. The number of hydrogen-bond donors (Lipinski definition) is 1. The van der Waals surface area contributed by atoms with Gasteiger partial charge in [-0.2, -0.15) is 0 Å². The van der Waals surface area contributed by atoms with Gasteiger partial charge in [-0.15, -0.1) is 0 Å². The van der Waals surface area contributed by atoms with E-state index in [1.807, 2.05) is 6.07 Å². The summed E-state index contributed by atoms with van der Waals surface area (Å²) in [6.07, 6.45) is 3.06. The number of carbonyl (C=O) groups excluding carboxylic acids is 2. The van der Waals surface area contributed by atoms with E-state index in [0.717, 1.165) is 0 Å². The maximum absolute atomic E-state index is 12.9. The number of carboxylic acids is 1. The van der Waals surface area contributed by atoms with Crippen molar-refractivity contribution in [1.82, 2.24) is 4.90 Å². The summed E-state index contributed by atoms with van der Waals surface area (Å²) in [7, 11) is 4.41. The van der Waals surface area contributed by atoms with Crippen molar-refractivity contribution in [3.8, 4) is 17.2 Å². The third kappa shape index (κ3) is 4.42. The van der Waals surface area contributed by atoms with Crippen LogP contribution in [0.5, 0.6) is 17.2 Å². The third-order valence-corrected chi connectivity index (χ3v) is 4.64. The van der Waals surface area contributed by atoms with Gasteiger partial charge in [0.05, 0.1) is 32.5 Å². The minimum absolute atomic E-state index is 0.0735. The molecule has 0 aromatic heterocycles. The number of methoxy groups -OCH3 is 3. The Labute approximate surface area is 178 Å². The molecule has 2 amide bonds. The molecule has 160 valence electrons.